The minimum atomic E-state index is -0.245. The minimum absolute atomic E-state index is 0.245. The minimum Gasteiger partial charge on any atom is -0.319 e. The molecule has 0 amide bonds. The molecule has 0 radical (unpaired) electrons. The van der Waals surface area contributed by atoms with Crippen molar-refractivity contribution in [3.63, 3.8) is 0 Å². The Morgan fingerprint density at radius 1 is 1.41 bits per heavy atom. The van der Waals surface area contributed by atoms with Crippen molar-refractivity contribution in [1.82, 2.24) is 15.1 Å². The lowest BCUT2D eigenvalue weighted by Crippen LogP contribution is -2.17. The number of hydrogen-bond donors (Lipinski definition) is 1. The van der Waals surface area contributed by atoms with Crippen LogP contribution in [0.3, 0.4) is 0 Å². The molecular weight excluding hydrogens is 217 g/mol. The Hall–Kier alpha value is -1.68. The molecule has 0 saturated carbocycles. The molecule has 90 valence electrons. The summed E-state index contributed by atoms with van der Waals surface area (Å²) >= 11 is 0. The monoisotopic (exact) mass is 233 g/mol. The molecule has 3 nitrogen and oxygen atoms in total. The van der Waals surface area contributed by atoms with Gasteiger partial charge in [-0.25, -0.2) is 9.07 Å². The third-order valence-electron chi connectivity index (χ3n) is 2.74. The fourth-order valence-corrected chi connectivity index (χ4v) is 1.92. The van der Waals surface area contributed by atoms with Crippen LogP contribution in [0, 0.1) is 5.82 Å². The second-order valence-electron chi connectivity index (χ2n) is 4.11. The van der Waals surface area contributed by atoms with Crippen LogP contribution in [-0.4, -0.2) is 23.4 Å². The number of nitrogens with one attached hydrogen (secondary N) is 1. The highest BCUT2D eigenvalue weighted by molar-refractivity contribution is 5.33. The fourth-order valence-electron chi connectivity index (χ4n) is 1.92. The summed E-state index contributed by atoms with van der Waals surface area (Å²) in [6.45, 7) is 2.98. The third-order valence-corrected chi connectivity index (χ3v) is 2.74. The molecule has 2 rings (SSSR count). The average Bonchev–Trinajstić information content (AvgIpc) is 2.78. The van der Waals surface area contributed by atoms with Crippen LogP contribution in [0.1, 0.15) is 18.5 Å². The van der Waals surface area contributed by atoms with E-state index in [-0.39, 0.29) is 5.82 Å². The standard InChI is InChI=1S/C13H16FN3/c1-10(9-15-2)13-6-7-16-17(13)12-5-3-4-11(14)8-12/h3-8,10,15H,9H2,1-2H3. The molecule has 1 atom stereocenters. The second kappa shape index (κ2) is 5.10. The SMILES string of the molecule is CNCC(C)c1ccnn1-c1cccc(F)c1. The van der Waals surface area contributed by atoms with Crippen LogP contribution in [0.5, 0.6) is 0 Å². The molecule has 0 spiro atoms. The van der Waals surface area contributed by atoms with E-state index in [0.29, 0.717) is 5.92 Å². The van der Waals surface area contributed by atoms with Gasteiger partial charge in [0, 0.05) is 24.4 Å². The summed E-state index contributed by atoms with van der Waals surface area (Å²) in [6.07, 6.45) is 1.74. The normalized spacial score (nSPS) is 12.6. The van der Waals surface area contributed by atoms with Crippen LogP contribution >= 0.6 is 0 Å². The van der Waals surface area contributed by atoms with E-state index in [4.69, 9.17) is 0 Å². The summed E-state index contributed by atoms with van der Waals surface area (Å²) < 4.78 is 15.0. The average molecular weight is 233 g/mol. The molecule has 2 aromatic rings. The van der Waals surface area contributed by atoms with E-state index in [1.54, 1.807) is 16.9 Å². The molecule has 1 heterocycles. The van der Waals surface area contributed by atoms with Crippen molar-refractivity contribution < 1.29 is 4.39 Å². The van der Waals surface area contributed by atoms with Crippen molar-refractivity contribution in [3.05, 3.63) is 48.0 Å². The quantitative estimate of drug-likeness (QED) is 0.878. The smallest absolute Gasteiger partial charge is 0.125 e. The van der Waals surface area contributed by atoms with Crippen molar-refractivity contribution in [3.8, 4) is 5.69 Å². The van der Waals surface area contributed by atoms with Gasteiger partial charge in [0.25, 0.3) is 0 Å². The van der Waals surface area contributed by atoms with Crippen molar-refractivity contribution in [2.45, 2.75) is 12.8 Å². The highest BCUT2D eigenvalue weighted by atomic mass is 19.1. The van der Waals surface area contributed by atoms with Crippen LogP contribution in [0.4, 0.5) is 4.39 Å². The summed E-state index contributed by atoms with van der Waals surface area (Å²) in [5, 5.41) is 7.38. The highest BCUT2D eigenvalue weighted by Gasteiger charge is 2.11. The first-order valence-corrected chi connectivity index (χ1v) is 5.67. The highest BCUT2D eigenvalue weighted by Crippen LogP contribution is 2.18. The Labute approximate surface area is 100 Å². The van der Waals surface area contributed by atoms with Crippen LogP contribution in [0.2, 0.25) is 0 Å². The number of aromatic nitrogens is 2. The van der Waals surface area contributed by atoms with Crippen LogP contribution in [0.25, 0.3) is 5.69 Å². The molecule has 1 N–H and O–H groups in total. The maximum atomic E-state index is 13.2. The van der Waals surface area contributed by atoms with Gasteiger partial charge in [-0.1, -0.05) is 13.0 Å². The molecule has 17 heavy (non-hydrogen) atoms. The summed E-state index contributed by atoms with van der Waals surface area (Å²) in [5.74, 6) is 0.0796. The predicted octanol–water partition coefficient (Wildman–Crippen LogP) is 2.33. The van der Waals surface area contributed by atoms with E-state index in [2.05, 4.69) is 17.3 Å². The topological polar surface area (TPSA) is 29.9 Å². The first kappa shape index (κ1) is 11.8. The van der Waals surface area contributed by atoms with Crippen LogP contribution in [-0.2, 0) is 0 Å². The molecule has 1 unspecified atom stereocenters. The van der Waals surface area contributed by atoms with Gasteiger partial charge in [0.1, 0.15) is 5.82 Å². The molecule has 0 aliphatic carbocycles. The lowest BCUT2D eigenvalue weighted by molar-refractivity contribution is 0.616. The van der Waals surface area contributed by atoms with Crippen LogP contribution in [0.15, 0.2) is 36.5 Å². The van der Waals surface area contributed by atoms with Crippen molar-refractivity contribution >= 4 is 0 Å². The van der Waals surface area contributed by atoms with E-state index in [1.165, 1.54) is 12.1 Å². The molecule has 4 heteroatoms. The van der Waals surface area contributed by atoms with Gasteiger partial charge in [-0.15, -0.1) is 0 Å². The van der Waals surface area contributed by atoms with Gasteiger partial charge in [-0.05, 0) is 31.3 Å². The molecule has 1 aromatic heterocycles. The Morgan fingerprint density at radius 3 is 2.94 bits per heavy atom. The Morgan fingerprint density at radius 2 is 2.24 bits per heavy atom. The molecular formula is C13H16FN3. The second-order valence-corrected chi connectivity index (χ2v) is 4.11. The number of likely N-dealkylation sites (N-methyl/N-ethyl adjacent to an activating group) is 1. The zero-order valence-electron chi connectivity index (χ0n) is 10.0. The Bertz CT molecular complexity index is 493. The number of halogens is 1. The van der Waals surface area contributed by atoms with E-state index >= 15 is 0 Å². The predicted molar refractivity (Wildman–Crippen MR) is 65.9 cm³/mol. The number of hydrogen-bond acceptors (Lipinski definition) is 2. The van der Waals surface area contributed by atoms with Gasteiger partial charge in [-0.3, -0.25) is 0 Å². The molecule has 1 aromatic carbocycles. The van der Waals surface area contributed by atoms with E-state index < -0.39 is 0 Å². The number of nitrogens with zero attached hydrogens (tertiary/aromatic N) is 2. The summed E-state index contributed by atoms with van der Waals surface area (Å²) in [7, 11) is 1.92. The van der Waals surface area contributed by atoms with Gasteiger partial charge in [-0.2, -0.15) is 5.10 Å². The van der Waals surface area contributed by atoms with Gasteiger partial charge < -0.3 is 5.32 Å². The number of rotatable bonds is 4. The summed E-state index contributed by atoms with van der Waals surface area (Å²) in [5.41, 5.74) is 1.83. The van der Waals surface area contributed by atoms with Crippen molar-refractivity contribution in [2.75, 3.05) is 13.6 Å². The molecule has 0 bridgehead atoms. The van der Waals surface area contributed by atoms with Gasteiger partial charge >= 0.3 is 0 Å². The van der Waals surface area contributed by atoms with E-state index in [9.17, 15) is 4.39 Å². The zero-order chi connectivity index (χ0) is 12.3. The lowest BCUT2D eigenvalue weighted by Gasteiger charge is -2.13. The van der Waals surface area contributed by atoms with Gasteiger partial charge in [0.15, 0.2) is 0 Å². The van der Waals surface area contributed by atoms with Crippen molar-refractivity contribution in [2.24, 2.45) is 0 Å². The van der Waals surface area contributed by atoms with E-state index in [0.717, 1.165) is 17.9 Å². The van der Waals surface area contributed by atoms with E-state index in [1.807, 2.05) is 19.2 Å². The van der Waals surface area contributed by atoms with Gasteiger partial charge in [0.05, 0.1) is 5.69 Å². The fraction of sp³-hybridized carbons (Fsp3) is 0.308. The maximum absolute atomic E-state index is 13.2. The molecule has 0 aliphatic rings. The van der Waals surface area contributed by atoms with Gasteiger partial charge in [0.2, 0.25) is 0 Å². The first-order valence-electron chi connectivity index (χ1n) is 5.67. The third kappa shape index (κ3) is 2.53. The lowest BCUT2D eigenvalue weighted by atomic mass is 10.1. The van der Waals surface area contributed by atoms with Crippen molar-refractivity contribution in [1.29, 1.82) is 0 Å². The maximum Gasteiger partial charge on any atom is 0.125 e. The summed E-state index contributed by atoms with van der Waals surface area (Å²) in [6, 6.07) is 8.43. The molecule has 0 aliphatic heterocycles. The first-order chi connectivity index (χ1) is 8.22. The molecule has 0 saturated heterocycles. The summed E-state index contributed by atoms with van der Waals surface area (Å²) in [4.78, 5) is 0. The molecule has 0 fully saturated rings. The zero-order valence-corrected chi connectivity index (χ0v) is 10.0. The number of benzene rings is 1. The Kier molecular flexibility index (Phi) is 3.54. The Balaban J connectivity index is 2.36. The van der Waals surface area contributed by atoms with Crippen LogP contribution < -0.4 is 5.32 Å². The largest absolute Gasteiger partial charge is 0.319 e.